The molecule has 1 aliphatic rings. The fourth-order valence-corrected chi connectivity index (χ4v) is 3.35. The number of amides is 1. The normalized spacial score (nSPS) is 14.1. The zero-order valence-corrected chi connectivity index (χ0v) is 16.1. The molecule has 1 aromatic heterocycles. The van der Waals surface area contributed by atoms with E-state index in [0.29, 0.717) is 23.0 Å². The minimum atomic E-state index is -0.196. The lowest BCUT2D eigenvalue weighted by molar-refractivity contribution is 0.0946. The summed E-state index contributed by atoms with van der Waals surface area (Å²) in [5.74, 6) is -0.196. The smallest absolute Gasteiger partial charge is 0.269 e. The molecule has 3 aromatic rings. The molecule has 0 saturated carbocycles. The monoisotopic (exact) mass is 396 g/mol. The Kier molecular flexibility index (Phi) is 5.60. The average molecular weight is 397 g/mol. The number of hydrogen-bond acceptors (Lipinski definition) is 4. The topological polar surface area (TPSA) is 70.2 Å². The summed E-state index contributed by atoms with van der Waals surface area (Å²) in [4.78, 5) is 14.7. The highest BCUT2D eigenvalue weighted by molar-refractivity contribution is 6.30. The first-order chi connectivity index (χ1) is 13.7. The molecular weight excluding hydrogens is 376 g/mol. The van der Waals surface area contributed by atoms with E-state index in [0.717, 1.165) is 37.4 Å². The molecule has 0 radical (unpaired) electrons. The first kappa shape index (κ1) is 18.5. The van der Waals surface area contributed by atoms with Crippen LogP contribution in [0.5, 0.6) is 0 Å². The van der Waals surface area contributed by atoms with E-state index >= 15 is 0 Å². The lowest BCUT2D eigenvalue weighted by Gasteiger charge is -2.28. The predicted molar refractivity (Wildman–Crippen MR) is 110 cm³/mol. The van der Waals surface area contributed by atoms with Crippen LogP contribution in [0.15, 0.2) is 54.6 Å². The van der Waals surface area contributed by atoms with Gasteiger partial charge in [-0.3, -0.25) is 9.89 Å². The number of H-pyrrole nitrogens is 1. The summed E-state index contributed by atoms with van der Waals surface area (Å²) in [6.45, 7) is 3.79. The Labute approximate surface area is 168 Å². The van der Waals surface area contributed by atoms with Gasteiger partial charge in [0.05, 0.1) is 18.9 Å². The number of nitrogens with one attached hydrogen (secondary N) is 2. The molecule has 0 bridgehead atoms. The number of benzene rings is 2. The summed E-state index contributed by atoms with van der Waals surface area (Å²) in [6, 6.07) is 17.3. The van der Waals surface area contributed by atoms with E-state index in [1.807, 2.05) is 30.3 Å². The molecule has 1 fully saturated rings. The molecular formula is C21H21ClN4O2. The molecule has 1 aliphatic heterocycles. The number of rotatable bonds is 5. The van der Waals surface area contributed by atoms with Crippen molar-refractivity contribution < 1.29 is 9.53 Å². The molecule has 28 heavy (non-hydrogen) atoms. The van der Waals surface area contributed by atoms with E-state index in [-0.39, 0.29) is 5.91 Å². The van der Waals surface area contributed by atoms with Crippen molar-refractivity contribution in [3.63, 3.8) is 0 Å². The Hall–Kier alpha value is -2.83. The SMILES string of the molecule is O=C(NCc1ccc(N2CCOCC2)cc1)c1cc(-c2cccc(Cl)c2)n[nH]1. The third kappa shape index (κ3) is 4.35. The number of hydrogen-bond donors (Lipinski definition) is 2. The Morgan fingerprint density at radius 2 is 1.93 bits per heavy atom. The van der Waals surface area contributed by atoms with Crippen molar-refractivity contribution in [1.82, 2.24) is 15.5 Å². The minimum Gasteiger partial charge on any atom is -0.378 e. The van der Waals surface area contributed by atoms with Crippen LogP contribution in [0.3, 0.4) is 0 Å². The van der Waals surface area contributed by atoms with Crippen LogP contribution in [0.25, 0.3) is 11.3 Å². The molecule has 0 spiro atoms. The fourth-order valence-electron chi connectivity index (χ4n) is 3.16. The number of nitrogens with zero attached hydrogens (tertiary/aromatic N) is 2. The predicted octanol–water partition coefficient (Wildman–Crippen LogP) is 3.50. The maximum atomic E-state index is 12.4. The van der Waals surface area contributed by atoms with Gasteiger partial charge in [-0.15, -0.1) is 0 Å². The molecule has 6 nitrogen and oxygen atoms in total. The highest BCUT2D eigenvalue weighted by Gasteiger charge is 2.13. The van der Waals surface area contributed by atoms with E-state index in [9.17, 15) is 4.79 Å². The maximum Gasteiger partial charge on any atom is 0.269 e. The van der Waals surface area contributed by atoms with E-state index < -0.39 is 0 Å². The third-order valence-corrected chi connectivity index (χ3v) is 4.94. The van der Waals surface area contributed by atoms with Gasteiger partial charge < -0.3 is 15.0 Å². The van der Waals surface area contributed by atoms with E-state index in [1.54, 1.807) is 12.1 Å². The highest BCUT2D eigenvalue weighted by Crippen LogP contribution is 2.21. The number of aromatic amines is 1. The molecule has 0 aliphatic carbocycles. The van der Waals surface area contributed by atoms with E-state index in [2.05, 4.69) is 32.5 Å². The molecule has 2 aromatic carbocycles. The van der Waals surface area contributed by atoms with Crippen molar-refractivity contribution in [2.45, 2.75) is 6.54 Å². The molecule has 4 rings (SSSR count). The van der Waals surface area contributed by atoms with Crippen LogP contribution in [0, 0.1) is 0 Å². The average Bonchev–Trinajstić information content (AvgIpc) is 3.24. The second-order valence-corrected chi connectivity index (χ2v) is 7.06. The van der Waals surface area contributed by atoms with Crippen molar-refractivity contribution >= 4 is 23.2 Å². The van der Waals surface area contributed by atoms with Crippen LogP contribution >= 0.6 is 11.6 Å². The van der Waals surface area contributed by atoms with Crippen molar-refractivity contribution in [2.75, 3.05) is 31.2 Å². The Morgan fingerprint density at radius 1 is 1.14 bits per heavy atom. The number of ether oxygens (including phenoxy) is 1. The fraction of sp³-hybridized carbons (Fsp3) is 0.238. The lowest BCUT2D eigenvalue weighted by atomic mass is 10.1. The Morgan fingerprint density at radius 3 is 2.68 bits per heavy atom. The number of aromatic nitrogens is 2. The Bertz CT molecular complexity index is 949. The summed E-state index contributed by atoms with van der Waals surface area (Å²) >= 11 is 6.02. The summed E-state index contributed by atoms with van der Waals surface area (Å²) in [5.41, 5.74) is 4.18. The van der Waals surface area contributed by atoms with E-state index in [1.165, 1.54) is 5.69 Å². The van der Waals surface area contributed by atoms with Crippen LogP contribution in [0.2, 0.25) is 5.02 Å². The van der Waals surface area contributed by atoms with Crippen LogP contribution in [-0.2, 0) is 11.3 Å². The first-order valence-corrected chi connectivity index (χ1v) is 9.58. The van der Waals surface area contributed by atoms with Crippen LogP contribution < -0.4 is 10.2 Å². The number of anilines is 1. The number of carbonyl (C=O) groups is 1. The molecule has 7 heteroatoms. The largest absolute Gasteiger partial charge is 0.378 e. The van der Waals surface area contributed by atoms with Gasteiger partial charge in [-0.25, -0.2) is 0 Å². The molecule has 1 saturated heterocycles. The zero-order chi connectivity index (χ0) is 19.3. The summed E-state index contributed by atoms with van der Waals surface area (Å²) in [6.07, 6.45) is 0. The van der Waals surface area contributed by atoms with Crippen molar-refractivity contribution in [2.24, 2.45) is 0 Å². The van der Waals surface area contributed by atoms with Gasteiger partial charge in [0.25, 0.3) is 5.91 Å². The lowest BCUT2D eigenvalue weighted by Crippen LogP contribution is -2.36. The second kappa shape index (κ2) is 8.46. The van der Waals surface area contributed by atoms with E-state index in [4.69, 9.17) is 16.3 Å². The van der Waals surface area contributed by atoms with Crippen molar-refractivity contribution in [1.29, 1.82) is 0 Å². The zero-order valence-electron chi connectivity index (χ0n) is 15.3. The minimum absolute atomic E-state index is 0.196. The standard InChI is InChI=1S/C21H21ClN4O2/c22-17-3-1-2-16(12-17)19-13-20(25-24-19)21(27)23-14-15-4-6-18(7-5-15)26-8-10-28-11-9-26/h1-7,12-13H,8-11,14H2,(H,23,27)(H,24,25). The summed E-state index contributed by atoms with van der Waals surface area (Å²) in [5, 5.41) is 10.5. The van der Waals surface area contributed by atoms with Gasteiger partial charge in [0.2, 0.25) is 0 Å². The van der Waals surface area contributed by atoms with Gasteiger partial charge in [0, 0.05) is 35.9 Å². The maximum absolute atomic E-state index is 12.4. The van der Waals surface area contributed by atoms with Crippen LogP contribution in [0.1, 0.15) is 16.1 Å². The van der Waals surface area contributed by atoms with Crippen molar-refractivity contribution in [3.05, 3.63) is 70.9 Å². The summed E-state index contributed by atoms with van der Waals surface area (Å²) < 4.78 is 5.38. The van der Waals surface area contributed by atoms with Gasteiger partial charge in [-0.05, 0) is 35.9 Å². The first-order valence-electron chi connectivity index (χ1n) is 9.20. The second-order valence-electron chi connectivity index (χ2n) is 6.63. The van der Waals surface area contributed by atoms with Crippen LogP contribution in [-0.4, -0.2) is 42.4 Å². The van der Waals surface area contributed by atoms with Gasteiger partial charge in [0.1, 0.15) is 5.69 Å². The van der Waals surface area contributed by atoms with Gasteiger partial charge in [-0.1, -0.05) is 35.9 Å². The molecule has 0 unspecified atom stereocenters. The number of morpholine rings is 1. The Balaban J connectivity index is 1.35. The highest BCUT2D eigenvalue weighted by atomic mass is 35.5. The molecule has 1 amide bonds. The van der Waals surface area contributed by atoms with Gasteiger partial charge in [-0.2, -0.15) is 5.10 Å². The van der Waals surface area contributed by atoms with Gasteiger partial charge in [0.15, 0.2) is 0 Å². The van der Waals surface area contributed by atoms with Crippen molar-refractivity contribution in [3.8, 4) is 11.3 Å². The number of carbonyl (C=O) groups excluding carboxylic acids is 1. The third-order valence-electron chi connectivity index (χ3n) is 4.71. The molecule has 0 atom stereocenters. The van der Waals surface area contributed by atoms with Gasteiger partial charge >= 0.3 is 0 Å². The molecule has 2 heterocycles. The summed E-state index contributed by atoms with van der Waals surface area (Å²) in [7, 11) is 0. The van der Waals surface area contributed by atoms with Crippen LogP contribution in [0.4, 0.5) is 5.69 Å². The number of halogens is 1. The quantitative estimate of drug-likeness (QED) is 0.692. The molecule has 144 valence electrons. The molecule has 2 N–H and O–H groups in total.